The SMILES string of the molecule is CCC1=CC2=C(C=CC=CC2c2cc(CC)c([Si](C)(C)C)c(CC)c2)[C]12[SiH](C)[C]1(C(CC)=CC3=C1C=CC=CC3c1cc(CC)c([Si](C)(C)C)c(CC)c1)[Hf]21([Cl])([Cl])[C]2(C(CC)=CC3=C2C=CC=CC3c2cc(CC)c([Si](C)(C)C)c(CC)c2)[SiH](C)[C]12C(CC)=CC1=C2C=CC=CC1c1cc(CC)c([Si](C)(C)C)c(CC)c1. The summed E-state index contributed by atoms with van der Waals surface area (Å²) in [6, 6.07) is 21.5. The summed E-state index contributed by atoms with van der Waals surface area (Å²) in [6.45, 7) is 66.3. The van der Waals surface area contributed by atoms with E-state index in [0.717, 1.165) is 77.0 Å². The van der Waals surface area contributed by atoms with Gasteiger partial charge >= 0.3 is 693 Å². The zero-order chi connectivity index (χ0) is 80.3. The van der Waals surface area contributed by atoms with Crippen LogP contribution in [0.4, 0.5) is 0 Å². The van der Waals surface area contributed by atoms with Gasteiger partial charge in [-0.25, -0.2) is 0 Å². The normalized spacial score (nSPS) is 29.1. The third-order valence-corrected chi connectivity index (χ3v) is 155. The van der Waals surface area contributed by atoms with Crippen LogP contribution in [0.1, 0.15) is 199 Å². The van der Waals surface area contributed by atoms with Gasteiger partial charge in [0.05, 0.1) is 0 Å². The van der Waals surface area contributed by atoms with Gasteiger partial charge in [0.25, 0.3) is 0 Å². The Morgan fingerprint density at radius 1 is 0.279 bits per heavy atom. The average Bonchev–Trinajstić information content (AvgIpc) is 1.50. The maximum atomic E-state index is 12.2. The number of halogens is 2. The second-order valence-electron chi connectivity index (χ2n) is 39.4. The van der Waals surface area contributed by atoms with Gasteiger partial charge in [0.2, 0.25) is 0 Å². The fourth-order valence-electron chi connectivity index (χ4n) is 28.5. The predicted molar refractivity (Wildman–Crippen MR) is 507 cm³/mol. The van der Waals surface area contributed by atoms with Crippen molar-refractivity contribution in [1.29, 1.82) is 0 Å². The molecule has 0 radical (unpaired) electrons. The van der Waals surface area contributed by atoms with Gasteiger partial charge in [-0.15, -0.1) is 0 Å². The molecule has 4 aromatic carbocycles. The summed E-state index contributed by atoms with van der Waals surface area (Å²) in [6.07, 6.45) is 64.2. The molecule has 2 aliphatic heterocycles. The van der Waals surface area contributed by atoms with Crippen LogP contribution in [0, 0.1) is 0 Å². The second kappa shape index (κ2) is 28.6. The standard InChI is InChI=1S/2C51H68Si3.2ClH.Hf/c2*1-14-34-32-46-42(40-28-36(16-3)50(53(8,9)10)37(17-4)29-40)24-20-22-26-44(46)48(34)52(7)49-35(15-2)33-47-43(25-21-23-27-45(47)49)41-30-38(18-5)51(54(11,12)13)39(19-6)31-41;;;/h2*20-33,42-43,52H,14-19H2,1-13H3;2*1H;/q;;;;+2/p-2. The Morgan fingerprint density at radius 3 is 0.595 bits per heavy atom. The molecule has 2 saturated heterocycles. The van der Waals surface area contributed by atoms with Crippen LogP contribution in [0.5, 0.6) is 0 Å². The molecule has 0 N–H and O–H groups in total. The van der Waals surface area contributed by atoms with Crippen molar-refractivity contribution >= 4 is 87.8 Å². The van der Waals surface area contributed by atoms with Crippen LogP contribution in [0.25, 0.3) is 0 Å². The van der Waals surface area contributed by atoms with Gasteiger partial charge in [-0.05, 0) is 0 Å². The van der Waals surface area contributed by atoms with Gasteiger partial charge in [-0.1, -0.05) is 0 Å². The first-order valence-electron chi connectivity index (χ1n) is 44.1. The van der Waals surface area contributed by atoms with Crippen molar-refractivity contribution < 1.29 is 14.7 Å². The molecule has 2 fully saturated rings. The molecule has 0 amide bonds. The Bertz CT molecular complexity index is 4430. The van der Waals surface area contributed by atoms with E-state index in [0.29, 0.717) is 0 Å². The topological polar surface area (TPSA) is 0 Å². The number of hydrogen-bond donors (Lipinski definition) is 0. The molecule has 4 aromatic rings. The Balaban J connectivity index is 1.24. The van der Waals surface area contributed by atoms with Crippen molar-refractivity contribution in [2.24, 2.45) is 0 Å². The molecule has 9 heteroatoms. The van der Waals surface area contributed by atoms with E-state index in [1.165, 1.54) is 66.8 Å². The Hall–Kier alpha value is -4.53. The van der Waals surface area contributed by atoms with Crippen molar-refractivity contribution in [1.82, 2.24) is 0 Å². The van der Waals surface area contributed by atoms with E-state index < -0.39 is 75.7 Å². The predicted octanol–water partition coefficient (Wildman–Crippen LogP) is 27.0. The quantitative estimate of drug-likeness (QED) is 0.0774. The first kappa shape index (κ1) is 83.0. The molecule has 8 atom stereocenters. The number of benzene rings is 4. The van der Waals surface area contributed by atoms with Crippen LogP contribution in [0.3, 0.4) is 0 Å². The van der Waals surface area contributed by atoms with Gasteiger partial charge in [0.1, 0.15) is 0 Å². The molecule has 0 saturated carbocycles. The van der Waals surface area contributed by atoms with E-state index in [2.05, 4.69) is 345 Å². The van der Waals surface area contributed by atoms with Gasteiger partial charge in [0, 0.05) is 0 Å². The monoisotopic (exact) mass is 1780 g/mol. The molecule has 8 aliphatic carbocycles. The van der Waals surface area contributed by atoms with Crippen LogP contribution in [-0.2, 0) is 66.0 Å². The van der Waals surface area contributed by atoms with Crippen LogP contribution in [0.15, 0.2) is 237 Å². The summed E-state index contributed by atoms with van der Waals surface area (Å²) in [5, 5.41) is 6.65. The van der Waals surface area contributed by atoms with Crippen molar-refractivity contribution in [3.8, 4) is 0 Å². The molecular formula is C102H136Cl2HfSi6. The molecule has 10 aliphatic rings. The number of allylic oxidation sites excluding steroid dienone is 32. The van der Waals surface area contributed by atoms with E-state index in [9.17, 15) is 17.2 Å². The third-order valence-electron chi connectivity index (χ3n) is 30.8. The summed E-state index contributed by atoms with van der Waals surface area (Å²) in [5.74, 6) is -0.0287. The Labute approximate surface area is 686 Å². The molecule has 111 heavy (non-hydrogen) atoms. The van der Waals surface area contributed by atoms with E-state index in [1.54, 1.807) is 87.5 Å². The number of hydrogen-bond acceptors (Lipinski definition) is 0. The zero-order valence-corrected chi connectivity index (χ0v) is 84.8. The van der Waals surface area contributed by atoms with E-state index in [1.807, 2.05) is 0 Å². The third kappa shape index (κ3) is 10.3. The molecular weight excluding hydrogens is 1640 g/mol. The molecule has 14 rings (SSSR count). The van der Waals surface area contributed by atoms with Gasteiger partial charge in [-0.2, -0.15) is 0 Å². The summed E-state index contributed by atoms with van der Waals surface area (Å²) in [5.41, 5.74) is 36.1. The molecule has 0 nitrogen and oxygen atoms in total. The van der Waals surface area contributed by atoms with E-state index >= 15 is 0 Å². The van der Waals surface area contributed by atoms with Crippen LogP contribution in [-0.4, -0.2) is 49.9 Å². The summed E-state index contributed by atoms with van der Waals surface area (Å²) in [7, 11) is 12.0. The second-order valence-corrected chi connectivity index (χ2v) is 114. The molecule has 8 unspecified atom stereocenters. The first-order valence-corrected chi connectivity index (χ1v) is 78.8. The van der Waals surface area contributed by atoms with Gasteiger partial charge in [-0.3, -0.25) is 0 Å². The average molecular weight is 1780 g/mol. The Kier molecular flexibility index (Phi) is 21.4. The number of fused-ring (bicyclic) bond motifs is 8. The van der Waals surface area contributed by atoms with Gasteiger partial charge in [0.15, 0.2) is 0 Å². The summed E-state index contributed by atoms with van der Waals surface area (Å²) in [4.78, 5) is 0. The molecule has 2 heterocycles. The number of rotatable bonds is 20. The minimum absolute atomic E-state index is 0.00718. The van der Waals surface area contributed by atoms with Crippen molar-refractivity contribution in [3.05, 3.63) is 304 Å². The van der Waals surface area contributed by atoms with E-state index in [4.69, 9.17) is 0 Å². The van der Waals surface area contributed by atoms with E-state index in [-0.39, 0.29) is 23.7 Å². The molecule has 0 bridgehead atoms. The van der Waals surface area contributed by atoms with Gasteiger partial charge < -0.3 is 0 Å². The molecule has 5 spiro atoms. The first-order chi connectivity index (χ1) is 52.5. The number of aryl methyl sites for hydroxylation is 8. The van der Waals surface area contributed by atoms with Crippen LogP contribution in [0.2, 0.25) is 103 Å². The van der Waals surface area contributed by atoms with Crippen molar-refractivity contribution in [2.75, 3.05) is 0 Å². The van der Waals surface area contributed by atoms with Crippen molar-refractivity contribution in [2.45, 2.75) is 287 Å². The maximum absolute atomic E-state index is 12.2. The fourth-order valence-corrected chi connectivity index (χ4v) is 209. The molecule has 0 aromatic heterocycles. The Morgan fingerprint density at radius 2 is 0.450 bits per heavy atom. The van der Waals surface area contributed by atoms with Crippen LogP contribution >= 0.6 is 17.2 Å². The molecule has 586 valence electrons. The van der Waals surface area contributed by atoms with Crippen molar-refractivity contribution in [3.63, 3.8) is 0 Å². The zero-order valence-electron chi connectivity index (χ0n) is 73.4. The van der Waals surface area contributed by atoms with Crippen LogP contribution < -0.4 is 20.7 Å². The fraction of sp³-hybridized carbons (Fsp3) is 0.451. The minimum atomic E-state index is -8.14. The summed E-state index contributed by atoms with van der Waals surface area (Å²) >= 11 is -8.14. The summed E-state index contributed by atoms with van der Waals surface area (Å²) < 4.78 is -2.78.